The Bertz CT molecular complexity index is 1570. The smallest absolute Gasteiger partial charge is 0.462 e. The Morgan fingerprint density at radius 2 is 0.494 bits per heavy atom. The van der Waals surface area contributed by atoms with E-state index in [9.17, 15) is 43.2 Å². The number of hydrogen-bond donors (Lipinski definition) is 3. The first kappa shape index (κ1) is 79.1. The lowest BCUT2D eigenvalue weighted by atomic mass is 10.0. The van der Waals surface area contributed by atoms with Crippen molar-refractivity contribution in [3.63, 3.8) is 0 Å². The maximum Gasteiger partial charge on any atom is 0.472 e. The average molecular weight is 1200 g/mol. The molecule has 0 saturated carbocycles. The van der Waals surface area contributed by atoms with Gasteiger partial charge in [-0.2, -0.15) is 0 Å². The highest BCUT2D eigenvalue weighted by Crippen LogP contribution is 2.45. The summed E-state index contributed by atoms with van der Waals surface area (Å²) in [4.78, 5) is 72.0. The molecule has 0 aromatic heterocycles. The van der Waals surface area contributed by atoms with Crippen molar-refractivity contribution in [1.29, 1.82) is 0 Å². The van der Waals surface area contributed by atoms with Crippen LogP contribution in [0.15, 0.2) is 0 Å². The molecule has 0 rings (SSSR count). The van der Waals surface area contributed by atoms with Crippen LogP contribution in [0.25, 0.3) is 0 Å². The number of ether oxygens (including phenoxy) is 4. The predicted molar refractivity (Wildman–Crippen MR) is 322 cm³/mol. The number of phosphoric ester groups is 2. The first-order valence-electron chi connectivity index (χ1n) is 32.8. The molecule has 81 heavy (non-hydrogen) atoms. The van der Waals surface area contributed by atoms with Gasteiger partial charge >= 0.3 is 39.5 Å². The van der Waals surface area contributed by atoms with E-state index < -0.39 is 97.5 Å². The van der Waals surface area contributed by atoms with E-state index in [-0.39, 0.29) is 25.7 Å². The highest BCUT2D eigenvalue weighted by Gasteiger charge is 2.30. The number of hydrogen-bond acceptors (Lipinski definition) is 15. The van der Waals surface area contributed by atoms with E-state index in [1.54, 1.807) is 0 Å². The molecule has 0 heterocycles. The lowest BCUT2D eigenvalue weighted by Crippen LogP contribution is -2.30. The Hall–Kier alpha value is -1.94. The number of unbranched alkanes of at least 4 members (excludes halogenated alkanes) is 37. The number of aliphatic hydroxyl groups is 1. The van der Waals surface area contributed by atoms with Gasteiger partial charge in [0.25, 0.3) is 0 Å². The van der Waals surface area contributed by atoms with Gasteiger partial charge in [-0.15, -0.1) is 0 Å². The highest BCUT2D eigenvalue weighted by molar-refractivity contribution is 7.47. The van der Waals surface area contributed by atoms with Gasteiger partial charge in [-0.05, 0) is 25.7 Å². The third-order valence-corrected chi connectivity index (χ3v) is 16.3. The molecule has 0 aromatic rings. The van der Waals surface area contributed by atoms with Gasteiger partial charge in [0.2, 0.25) is 0 Å². The predicted octanol–water partition coefficient (Wildman–Crippen LogP) is 17.2. The molecular weight excluding hydrogens is 1080 g/mol. The van der Waals surface area contributed by atoms with Crippen molar-refractivity contribution < 1.29 is 80.2 Å². The van der Waals surface area contributed by atoms with E-state index in [1.165, 1.54) is 141 Å². The molecule has 0 radical (unpaired) electrons. The van der Waals surface area contributed by atoms with E-state index in [4.69, 9.17) is 37.0 Å². The monoisotopic (exact) mass is 1200 g/mol. The van der Waals surface area contributed by atoms with Crippen molar-refractivity contribution in [2.24, 2.45) is 0 Å². The van der Waals surface area contributed by atoms with Crippen LogP contribution in [0.2, 0.25) is 0 Å². The molecule has 0 aromatic carbocycles. The van der Waals surface area contributed by atoms with Gasteiger partial charge in [-0.3, -0.25) is 37.3 Å². The van der Waals surface area contributed by atoms with Crippen molar-refractivity contribution in [2.75, 3.05) is 39.6 Å². The molecule has 5 atom stereocenters. The lowest BCUT2D eigenvalue weighted by Gasteiger charge is -2.21. The van der Waals surface area contributed by atoms with E-state index in [0.29, 0.717) is 25.7 Å². The Morgan fingerprint density at radius 3 is 0.728 bits per heavy atom. The topological polar surface area (TPSA) is 237 Å². The Balaban J connectivity index is 5.22. The summed E-state index contributed by atoms with van der Waals surface area (Å²) in [7, 11) is -9.87. The molecule has 0 aliphatic carbocycles. The van der Waals surface area contributed by atoms with Crippen molar-refractivity contribution in [3.8, 4) is 0 Å². The molecule has 19 heteroatoms. The molecule has 0 spiro atoms. The van der Waals surface area contributed by atoms with Gasteiger partial charge in [0.05, 0.1) is 26.4 Å². The normalized spacial score (nSPS) is 14.2. The quantitative estimate of drug-likeness (QED) is 0.0222. The summed E-state index contributed by atoms with van der Waals surface area (Å²) < 4.78 is 67.8. The van der Waals surface area contributed by atoms with Crippen LogP contribution in [0.5, 0.6) is 0 Å². The Labute approximate surface area is 492 Å². The molecule has 0 aliphatic rings. The largest absolute Gasteiger partial charge is 0.472 e. The second-order valence-electron chi connectivity index (χ2n) is 22.4. The zero-order valence-electron chi connectivity index (χ0n) is 51.7. The molecule has 0 bridgehead atoms. The lowest BCUT2D eigenvalue weighted by molar-refractivity contribution is -0.161. The molecule has 3 N–H and O–H groups in total. The Kier molecular flexibility index (Phi) is 55.8. The van der Waals surface area contributed by atoms with E-state index >= 15 is 0 Å². The third kappa shape index (κ3) is 56.9. The van der Waals surface area contributed by atoms with Crippen molar-refractivity contribution in [2.45, 2.75) is 335 Å². The first-order valence-corrected chi connectivity index (χ1v) is 35.8. The summed E-state index contributed by atoms with van der Waals surface area (Å²) in [5, 5.41) is 10.5. The van der Waals surface area contributed by atoms with Gasteiger partial charge in [-0.1, -0.05) is 265 Å². The second kappa shape index (κ2) is 57.2. The third-order valence-electron chi connectivity index (χ3n) is 14.4. The van der Waals surface area contributed by atoms with Gasteiger partial charge in [-0.25, -0.2) is 9.13 Å². The number of phosphoric acid groups is 2. The maximum absolute atomic E-state index is 12.9. The van der Waals surface area contributed by atoms with Gasteiger partial charge < -0.3 is 33.8 Å². The molecule has 0 saturated heterocycles. The first-order chi connectivity index (χ1) is 39.2. The highest BCUT2D eigenvalue weighted by atomic mass is 31.2. The van der Waals surface area contributed by atoms with Crippen LogP contribution < -0.4 is 0 Å². The van der Waals surface area contributed by atoms with Gasteiger partial charge in [0.15, 0.2) is 12.2 Å². The number of aliphatic hydroxyl groups excluding tert-OH is 1. The molecule has 17 nitrogen and oxygen atoms in total. The number of carbonyl (C=O) groups excluding carboxylic acids is 4. The molecule has 0 aliphatic heterocycles. The fourth-order valence-electron chi connectivity index (χ4n) is 9.28. The second-order valence-corrected chi connectivity index (χ2v) is 25.4. The zero-order valence-corrected chi connectivity index (χ0v) is 53.5. The van der Waals surface area contributed by atoms with Crippen LogP contribution in [0, 0.1) is 0 Å². The van der Waals surface area contributed by atoms with E-state index in [0.717, 1.165) is 96.3 Å². The summed E-state index contributed by atoms with van der Waals surface area (Å²) >= 11 is 0. The molecule has 0 fully saturated rings. The van der Waals surface area contributed by atoms with Gasteiger partial charge in [0, 0.05) is 25.7 Å². The average Bonchev–Trinajstić information content (AvgIpc) is 3.45. The van der Waals surface area contributed by atoms with E-state index in [2.05, 4.69) is 27.7 Å². The van der Waals surface area contributed by atoms with Crippen LogP contribution >= 0.6 is 15.6 Å². The maximum atomic E-state index is 12.9. The Morgan fingerprint density at radius 1 is 0.296 bits per heavy atom. The van der Waals surface area contributed by atoms with Crippen molar-refractivity contribution in [3.05, 3.63) is 0 Å². The fourth-order valence-corrected chi connectivity index (χ4v) is 10.9. The minimum Gasteiger partial charge on any atom is -0.462 e. The summed E-state index contributed by atoms with van der Waals surface area (Å²) in [5.74, 6) is -2.14. The molecule has 2 unspecified atom stereocenters. The summed E-state index contributed by atoms with van der Waals surface area (Å²) in [6.07, 6.45) is 41.6. The SMILES string of the molecule is CCCCCCCCCCCCCCCC(=O)O[C@H](COC(=O)CCCCCCCCCCCC)COP(=O)(O)OC[C@@H](O)COP(=O)(O)OC[C@@H](COC(=O)CCCCCCCCCC)OC(=O)CCCCCCCCCCCC. The standard InChI is InChI=1S/C62H120O17P2/c1-5-9-13-17-21-25-28-29-30-33-37-41-45-49-62(67)79-58(53-73-60(65)47-43-39-35-31-26-22-18-14-10-6-2)55-77-81(70,71)75-51-56(63)50-74-80(68,69)76-54-57(52-72-59(64)46-42-38-34-24-20-16-12-8-4)78-61(66)48-44-40-36-32-27-23-19-15-11-7-3/h56-58,63H,5-55H2,1-4H3,(H,68,69)(H,70,71)/t56-,57+,58+/m0/s1. The number of carbonyl (C=O) groups is 4. The van der Waals surface area contributed by atoms with Crippen LogP contribution in [-0.2, 0) is 65.4 Å². The van der Waals surface area contributed by atoms with E-state index in [1.807, 2.05) is 0 Å². The molecule has 480 valence electrons. The number of esters is 4. The minimum atomic E-state index is -4.94. The minimum absolute atomic E-state index is 0.107. The fraction of sp³-hybridized carbons (Fsp3) is 0.935. The van der Waals surface area contributed by atoms with Crippen molar-refractivity contribution >= 4 is 39.5 Å². The van der Waals surface area contributed by atoms with Crippen LogP contribution in [0.1, 0.15) is 317 Å². The van der Waals surface area contributed by atoms with Crippen LogP contribution in [-0.4, -0.2) is 96.7 Å². The zero-order chi connectivity index (χ0) is 59.8. The van der Waals surface area contributed by atoms with Crippen molar-refractivity contribution in [1.82, 2.24) is 0 Å². The van der Waals surface area contributed by atoms with Crippen LogP contribution in [0.3, 0.4) is 0 Å². The number of rotatable bonds is 63. The van der Waals surface area contributed by atoms with Crippen LogP contribution in [0.4, 0.5) is 0 Å². The summed E-state index contributed by atoms with van der Waals surface area (Å²) in [6.45, 7) is 4.84. The summed E-state index contributed by atoms with van der Waals surface area (Å²) in [6, 6.07) is 0. The molecular formula is C62H120O17P2. The molecule has 0 amide bonds. The summed E-state index contributed by atoms with van der Waals surface area (Å²) in [5.41, 5.74) is 0. The van der Waals surface area contributed by atoms with Gasteiger partial charge in [0.1, 0.15) is 19.3 Å².